The summed E-state index contributed by atoms with van der Waals surface area (Å²) in [6.45, 7) is 11.4. The number of amides is 1. The van der Waals surface area contributed by atoms with Gasteiger partial charge in [0.1, 0.15) is 12.3 Å². The van der Waals surface area contributed by atoms with Crippen LogP contribution in [0.25, 0.3) is 0 Å². The molecule has 5 saturated heterocycles. The first-order chi connectivity index (χ1) is 31.2. The maximum Gasteiger partial charge on any atom is 0.238 e. The summed E-state index contributed by atoms with van der Waals surface area (Å²) in [5, 5.41) is 17.5. The minimum absolute atomic E-state index is 0.0250. The predicted molar refractivity (Wildman–Crippen MR) is 250 cm³/mol. The summed E-state index contributed by atoms with van der Waals surface area (Å²) in [6, 6.07) is 2.61. The van der Waals surface area contributed by atoms with E-state index in [0.717, 1.165) is 95.7 Å². The normalized spacial score (nSPS) is 48.0. The number of nitriles is 1. The number of hydrogen-bond acceptors (Lipinski definition) is 14. The van der Waals surface area contributed by atoms with Crippen LogP contribution in [-0.4, -0.2) is 127 Å². The lowest BCUT2D eigenvalue weighted by atomic mass is 9.63. The number of likely N-dealkylation sites (tertiary alicyclic amines) is 1. The molecule has 0 aromatic heterocycles. The van der Waals surface area contributed by atoms with E-state index in [1.54, 1.807) is 12.8 Å². The zero-order chi connectivity index (χ0) is 44.0. The minimum Gasteiger partial charge on any atom is -0.380 e. The third kappa shape index (κ3) is 9.74. The van der Waals surface area contributed by atoms with Gasteiger partial charge in [0.05, 0.1) is 66.8 Å². The van der Waals surface area contributed by atoms with E-state index in [1.165, 1.54) is 64.3 Å². The Kier molecular flexibility index (Phi) is 14.7. The van der Waals surface area contributed by atoms with Crippen molar-refractivity contribution < 1.29 is 19.0 Å². The van der Waals surface area contributed by atoms with Crippen molar-refractivity contribution >= 4 is 23.4 Å². The van der Waals surface area contributed by atoms with Crippen molar-refractivity contribution in [3.05, 3.63) is 0 Å². The van der Waals surface area contributed by atoms with Gasteiger partial charge in [-0.25, -0.2) is 21.7 Å². The van der Waals surface area contributed by atoms with Crippen molar-refractivity contribution in [1.82, 2.24) is 42.1 Å². The van der Waals surface area contributed by atoms with Gasteiger partial charge in [0, 0.05) is 62.5 Å². The predicted octanol–water partition coefficient (Wildman–Crippen LogP) is 5.36. The Bertz CT molecular complexity index is 1650. The van der Waals surface area contributed by atoms with Crippen LogP contribution in [0.2, 0.25) is 0 Å². The molecule has 9 fully saturated rings. The molecular weight excluding hydrogens is 825 g/mol. The van der Waals surface area contributed by atoms with Gasteiger partial charge in [-0.15, -0.1) is 11.8 Å². The Morgan fingerprint density at radius 1 is 0.922 bits per heavy atom. The first-order valence-corrected chi connectivity index (χ1v) is 27.1. The lowest BCUT2D eigenvalue weighted by Crippen LogP contribution is -2.62. The Morgan fingerprint density at radius 3 is 2.42 bits per heavy atom. The van der Waals surface area contributed by atoms with Crippen LogP contribution in [0.3, 0.4) is 0 Å². The smallest absolute Gasteiger partial charge is 0.238 e. The number of carbonyl (C=O) groups excluding carboxylic acids is 1. The number of aliphatic imine (C=N–C) groups is 1. The SMILES string of the molecule is COC1CC(OC2CCC(NC(=O)C3CCC(N4CCC5(CCC(C6CCC(C7=N[C@@H](CC8NCCO8)C8NNC(C)N8C8SC(C)C(C)C78)CC6)CC5)C4)NN3)CC2)CCC1C#N. The number of nitrogens with one attached hydrogen (secondary N) is 6. The first kappa shape index (κ1) is 46.3. The van der Waals surface area contributed by atoms with Crippen LogP contribution in [0, 0.1) is 52.3 Å². The van der Waals surface area contributed by atoms with E-state index in [4.69, 9.17) is 19.2 Å². The van der Waals surface area contributed by atoms with E-state index in [1.807, 2.05) is 0 Å². The molecule has 0 aromatic rings. The summed E-state index contributed by atoms with van der Waals surface area (Å²) in [5.74, 6) is 3.60. The molecule has 10 aliphatic rings. The molecule has 10 rings (SSSR count). The number of methoxy groups -OCH3 is 1. The molecule has 4 aliphatic carbocycles. The molecule has 12 unspecified atom stereocenters. The van der Waals surface area contributed by atoms with E-state index in [9.17, 15) is 10.1 Å². The molecule has 14 nitrogen and oxygen atoms in total. The summed E-state index contributed by atoms with van der Waals surface area (Å²) in [4.78, 5) is 24.7. The average Bonchev–Trinajstić information content (AvgIpc) is 4.12. The van der Waals surface area contributed by atoms with E-state index in [2.05, 4.69) is 80.7 Å². The zero-order valence-electron chi connectivity index (χ0n) is 39.5. The van der Waals surface area contributed by atoms with Crippen molar-refractivity contribution in [3.8, 4) is 6.07 Å². The van der Waals surface area contributed by atoms with E-state index in [0.29, 0.717) is 40.0 Å². The highest BCUT2D eigenvalue weighted by Gasteiger charge is 2.55. The maximum atomic E-state index is 13.4. The van der Waals surface area contributed by atoms with Gasteiger partial charge < -0.3 is 19.5 Å². The number of hydrogen-bond donors (Lipinski definition) is 6. The molecular formula is C49H82N10O4S. The van der Waals surface area contributed by atoms with Crippen LogP contribution in [0.4, 0.5) is 0 Å². The highest BCUT2D eigenvalue weighted by Crippen LogP contribution is 2.53. The maximum absolute atomic E-state index is 13.4. The average molecular weight is 907 g/mol. The molecule has 358 valence electrons. The van der Waals surface area contributed by atoms with Gasteiger partial charge in [-0.1, -0.05) is 13.8 Å². The van der Waals surface area contributed by atoms with Gasteiger partial charge in [0.15, 0.2) is 0 Å². The third-order valence-corrected chi connectivity index (χ3v) is 20.4. The number of thioether (sulfide) groups is 1. The lowest BCUT2D eigenvalue weighted by molar-refractivity contribution is -0.126. The molecule has 0 radical (unpaired) electrons. The third-order valence-electron chi connectivity index (χ3n) is 18.7. The van der Waals surface area contributed by atoms with E-state index >= 15 is 0 Å². The van der Waals surface area contributed by atoms with Gasteiger partial charge in [-0.05, 0) is 145 Å². The van der Waals surface area contributed by atoms with Crippen LogP contribution >= 0.6 is 11.8 Å². The summed E-state index contributed by atoms with van der Waals surface area (Å²) in [6.07, 6.45) is 22.7. The minimum atomic E-state index is -0.186. The summed E-state index contributed by atoms with van der Waals surface area (Å²) >= 11 is 2.20. The number of carbonyl (C=O) groups is 1. The second-order valence-electron chi connectivity index (χ2n) is 22.3. The van der Waals surface area contributed by atoms with Crippen LogP contribution < -0.4 is 32.3 Å². The standard InChI is InChI=1S/C49H82N10O4S/c1-29-30(2)64-48-44(29)45(53-40(26-43-51-22-24-62-43)46-57-54-31(3)59(46)48)34-7-5-32(6-8-34)33-17-19-49(20-18-33)21-23-58(28-49)42-16-15-39(55-56-42)47(60)52-36-10-13-37(14-11-36)63-38-12-9-35(27-50)41(25-38)61-4/h29-44,46,48,51,54-57H,5-26,28H2,1-4H3,(H,52,60)/t29?,30?,31?,32?,33?,34?,35?,36?,37?,38?,39?,40-,41?,42?,43?,44?,46?,48?,49?/m0/s1. The number of fused-ring (bicyclic) bond motifs is 3. The Balaban J connectivity index is 0.659. The van der Waals surface area contributed by atoms with Crippen molar-refractivity contribution in [1.29, 1.82) is 5.26 Å². The second kappa shape index (κ2) is 20.3. The number of rotatable bonds is 10. The van der Waals surface area contributed by atoms with E-state index < -0.39 is 0 Å². The van der Waals surface area contributed by atoms with Gasteiger partial charge >= 0.3 is 0 Å². The molecule has 4 saturated carbocycles. The van der Waals surface area contributed by atoms with Crippen LogP contribution in [0.1, 0.15) is 143 Å². The quantitative estimate of drug-likeness (QED) is 0.167. The first-order valence-electron chi connectivity index (χ1n) is 26.2. The summed E-state index contributed by atoms with van der Waals surface area (Å²) in [7, 11) is 1.71. The Morgan fingerprint density at radius 2 is 1.70 bits per heavy atom. The summed E-state index contributed by atoms with van der Waals surface area (Å²) in [5.41, 5.74) is 16.4. The van der Waals surface area contributed by atoms with Gasteiger partial charge in [-0.2, -0.15) is 5.26 Å². The zero-order valence-corrected chi connectivity index (χ0v) is 40.3. The lowest BCUT2D eigenvalue weighted by Gasteiger charge is -2.43. The van der Waals surface area contributed by atoms with Crippen molar-refractivity contribution in [2.75, 3.05) is 33.4 Å². The molecule has 0 aromatic carbocycles. The monoisotopic (exact) mass is 907 g/mol. The fourth-order valence-electron chi connectivity index (χ4n) is 14.6. The van der Waals surface area contributed by atoms with Gasteiger partial charge in [-0.3, -0.25) is 24.9 Å². The number of ether oxygens (including phenoxy) is 3. The number of nitrogens with zero attached hydrogens (tertiary/aromatic N) is 4. The van der Waals surface area contributed by atoms with Crippen LogP contribution in [-0.2, 0) is 19.0 Å². The highest BCUT2D eigenvalue weighted by molar-refractivity contribution is 8.00. The highest BCUT2D eigenvalue weighted by atomic mass is 32.2. The molecule has 1 spiro atoms. The molecule has 15 heteroatoms. The van der Waals surface area contributed by atoms with Gasteiger partial charge in [0.25, 0.3) is 0 Å². The fourth-order valence-corrected chi connectivity index (χ4v) is 16.5. The number of hydrazine groups is 2. The van der Waals surface area contributed by atoms with Crippen LogP contribution in [0.5, 0.6) is 0 Å². The molecule has 6 N–H and O–H groups in total. The molecule has 13 atom stereocenters. The molecule has 6 aliphatic heterocycles. The molecule has 64 heavy (non-hydrogen) atoms. The largest absolute Gasteiger partial charge is 0.380 e. The molecule has 6 heterocycles. The Hall–Kier alpha value is -1.42. The second-order valence-corrected chi connectivity index (χ2v) is 23.8. The summed E-state index contributed by atoms with van der Waals surface area (Å²) < 4.78 is 18.2. The van der Waals surface area contributed by atoms with Crippen molar-refractivity contribution in [2.45, 2.75) is 215 Å². The topological polar surface area (TPSA) is 160 Å². The van der Waals surface area contributed by atoms with Gasteiger partial charge in [0.2, 0.25) is 5.91 Å². The van der Waals surface area contributed by atoms with Crippen LogP contribution in [0.15, 0.2) is 4.99 Å². The Labute approximate surface area is 388 Å². The van der Waals surface area contributed by atoms with Crippen molar-refractivity contribution in [3.63, 3.8) is 0 Å². The van der Waals surface area contributed by atoms with Crippen molar-refractivity contribution in [2.24, 2.45) is 45.9 Å². The van der Waals surface area contributed by atoms with E-state index in [-0.39, 0.29) is 66.8 Å². The fraction of sp³-hybridized carbons (Fsp3) is 0.939. The molecule has 0 bridgehead atoms. The molecule has 1 amide bonds.